The van der Waals surface area contributed by atoms with E-state index in [1.54, 1.807) is 6.92 Å². The minimum atomic E-state index is -0.524. The summed E-state index contributed by atoms with van der Waals surface area (Å²) in [5.74, 6) is -1.54. The van der Waals surface area contributed by atoms with Gasteiger partial charge >= 0.3 is 5.97 Å². The monoisotopic (exact) mass is 367 g/mol. The van der Waals surface area contributed by atoms with Crippen LogP contribution >= 0.6 is 22.9 Å². The van der Waals surface area contributed by atoms with E-state index in [2.05, 4.69) is 5.32 Å². The Balaban J connectivity index is 2.23. The van der Waals surface area contributed by atoms with E-state index in [9.17, 15) is 14.0 Å². The molecular weight excluding hydrogens is 353 g/mol. The minimum absolute atomic E-state index is 0.126. The van der Waals surface area contributed by atoms with E-state index < -0.39 is 17.7 Å². The first-order chi connectivity index (χ1) is 11.3. The molecule has 1 amide bonds. The molecule has 0 aliphatic rings. The number of aryl methyl sites for hydroxylation is 1. The second kappa shape index (κ2) is 7.59. The minimum Gasteiger partial charge on any atom is -0.465 e. The highest BCUT2D eigenvalue weighted by Crippen LogP contribution is 2.33. The topological polar surface area (TPSA) is 55.4 Å². The van der Waals surface area contributed by atoms with Crippen LogP contribution in [-0.4, -0.2) is 19.0 Å². The van der Waals surface area contributed by atoms with Gasteiger partial charge in [0.1, 0.15) is 10.8 Å². The number of rotatable bonds is 4. The SMILES string of the molecule is COC(=O)c1c(NC(=O)C=Cc2c(F)cccc2Cl)sc(C)c1C. The van der Waals surface area contributed by atoms with Gasteiger partial charge < -0.3 is 10.1 Å². The summed E-state index contributed by atoms with van der Waals surface area (Å²) in [7, 11) is 1.28. The molecule has 0 atom stereocenters. The zero-order valence-corrected chi connectivity index (χ0v) is 14.8. The van der Waals surface area contributed by atoms with Crippen LogP contribution in [0.15, 0.2) is 24.3 Å². The number of ether oxygens (including phenoxy) is 1. The lowest BCUT2D eigenvalue weighted by atomic mass is 10.1. The summed E-state index contributed by atoms with van der Waals surface area (Å²) < 4.78 is 18.4. The molecule has 24 heavy (non-hydrogen) atoms. The molecule has 0 aliphatic heterocycles. The average molecular weight is 368 g/mol. The predicted octanol–water partition coefficient (Wildman–Crippen LogP) is 4.60. The van der Waals surface area contributed by atoms with E-state index >= 15 is 0 Å². The summed E-state index contributed by atoms with van der Waals surface area (Å²) in [5, 5.41) is 3.22. The van der Waals surface area contributed by atoms with Crippen molar-refractivity contribution in [3.63, 3.8) is 0 Å². The Labute approximate surface area is 147 Å². The quantitative estimate of drug-likeness (QED) is 0.635. The van der Waals surface area contributed by atoms with Gasteiger partial charge in [-0.05, 0) is 37.6 Å². The fourth-order valence-corrected chi connectivity index (χ4v) is 3.32. The number of nitrogens with one attached hydrogen (secondary N) is 1. The number of thiophene rings is 1. The highest BCUT2D eigenvalue weighted by molar-refractivity contribution is 7.16. The number of amides is 1. The fraction of sp³-hybridized carbons (Fsp3) is 0.176. The molecule has 1 heterocycles. The summed E-state index contributed by atoms with van der Waals surface area (Å²) in [5.41, 5.74) is 1.20. The van der Waals surface area contributed by atoms with E-state index in [1.807, 2.05) is 6.92 Å². The molecule has 0 aliphatic carbocycles. The van der Waals surface area contributed by atoms with E-state index in [0.29, 0.717) is 10.6 Å². The Kier molecular flexibility index (Phi) is 5.75. The number of halogens is 2. The summed E-state index contributed by atoms with van der Waals surface area (Å²) in [4.78, 5) is 24.8. The van der Waals surface area contributed by atoms with Gasteiger partial charge in [0, 0.05) is 16.5 Å². The number of anilines is 1. The van der Waals surface area contributed by atoms with Crippen LogP contribution in [0, 0.1) is 19.7 Å². The van der Waals surface area contributed by atoms with Gasteiger partial charge in [-0.15, -0.1) is 11.3 Å². The first-order valence-corrected chi connectivity index (χ1v) is 8.16. The average Bonchev–Trinajstić information content (AvgIpc) is 2.80. The standard InChI is InChI=1S/C17H15ClFNO3S/c1-9-10(2)24-16(15(9)17(22)23-3)20-14(21)8-7-11-12(18)5-4-6-13(11)19/h4-8H,1-3H3,(H,20,21). The van der Waals surface area contributed by atoms with Crippen LogP contribution in [0.5, 0.6) is 0 Å². The van der Waals surface area contributed by atoms with Crippen molar-refractivity contribution in [2.24, 2.45) is 0 Å². The molecule has 2 aromatic rings. The van der Waals surface area contributed by atoms with E-state index in [4.69, 9.17) is 16.3 Å². The van der Waals surface area contributed by atoms with Crippen LogP contribution in [-0.2, 0) is 9.53 Å². The van der Waals surface area contributed by atoms with Crippen molar-refractivity contribution in [1.29, 1.82) is 0 Å². The van der Waals surface area contributed by atoms with Crippen molar-refractivity contribution in [3.8, 4) is 0 Å². The molecular formula is C17H15ClFNO3S. The molecule has 0 bridgehead atoms. The Morgan fingerprint density at radius 2 is 2.04 bits per heavy atom. The third kappa shape index (κ3) is 3.83. The lowest BCUT2D eigenvalue weighted by Crippen LogP contribution is -2.11. The van der Waals surface area contributed by atoms with Crippen LogP contribution in [0.1, 0.15) is 26.4 Å². The normalized spacial score (nSPS) is 10.9. The number of carbonyl (C=O) groups excluding carboxylic acids is 2. The summed E-state index contributed by atoms with van der Waals surface area (Å²) in [6, 6.07) is 4.27. The van der Waals surface area contributed by atoms with E-state index in [1.165, 1.54) is 42.7 Å². The maximum absolute atomic E-state index is 13.7. The number of esters is 1. The molecule has 7 heteroatoms. The lowest BCUT2D eigenvalue weighted by Gasteiger charge is -2.04. The molecule has 0 radical (unpaired) electrons. The molecule has 1 N–H and O–H groups in total. The van der Waals surface area contributed by atoms with Crippen LogP contribution < -0.4 is 5.32 Å². The first kappa shape index (κ1) is 18.2. The van der Waals surface area contributed by atoms with Gasteiger partial charge in [0.05, 0.1) is 17.7 Å². The maximum Gasteiger partial charge on any atom is 0.341 e. The highest BCUT2D eigenvalue weighted by Gasteiger charge is 2.21. The van der Waals surface area contributed by atoms with Crippen LogP contribution in [0.3, 0.4) is 0 Å². The first-order valence-electron chi connectivity index (χ1n) is 6.96. The number of hydrogen-bond donors (Lipinski definition) is 1. The van der Waals surface area contributed by atoms with Crippen LogP contribution in [0.4, 0.5) is 9.39 Å². The molecule has 2 rings (SSSR count). The summed E-state index contributed by atoms with van der Waals surface area (Å²) in [6.07, 6.45) is 2.45. The van der Waals surface area contributed by atoms with Crippen molar-refractivity contribution in [1.82, 2.24) is 0 Å². The van der Waals surface area contributed by atoms with Gasteiger partial charge in [0.25, 0.3) is 0 Å². The summed E-state index contributed by atoms with van der Waals surface area (Å²) in [6.45, 7) is 3.62. The number of benzene rings is 1. The number of carbonyl (C=O) groups is 2. The van der Waals surface area contributed by atoms with Gasteiger partial charge in [-0.3, -0.25) is 4.79 Å². The Hall–Kier alpha value is -2.18. The predicted molar refractivity (Wildman–Crippen MR) is 94.2 cm³/mol. The number of hydrogen-bond acceptors (Lipinski definition) is 4. The third-order valence-electron chi connectivity index (χ3n) is 3.41. The van der Waals surface area contributed by atoms with Gasteiger partial charge in [0.15, 0.2) is 0 Å². The third-order valence-corrected chi connectivity index (χ3v) is 4.86. The molecule has 0 fully saturated rings. The molecule has 4 nitrogen and oxygen atoms in total. The molecule has 1 aromatic carbocycles. The molecule has 0 saturated heterocycles. The second-order valence-corrected chi connectivity index (χ2v) is 6.57. The zero-order valence-electron chi connectivity index (χ0n) is 13.3. The van der Waals surface area contributed by atoms with Gasteiger partial charge in [-0.25, -0.2) is 9.18 Å². The van der Waals surface area contributed by atoms with Crippen molar-refractivity contribution < 1.29 is 18.7 Å². The van der Waals surface area contributed by atoms with Crippen LogP contribution in [0.25, 0.3) is 6.08 Å². The Bertz CT molecular complexity index is 809. The molecule has 1 aromatic heterocycles. The number of methoxy groups -OCH3 is 1. The smallest absolute Gasteiger partial charge is 0.341 e. The van der Waals surface area contributed by atoms with Gasteiger partial charge in [0.2, 0.25) is 5.91 Å². The van der Waals surface area contributed by atoms with Gasteiger partial charge in [-0.2, -0.15) is 0 Å². The fourth-order valence-electron chi connectivity index (χ4n) is 2.05. The molecule has 0 unspecified atom stereocenters. The Morgan fingerprint density at radius 3 is 2.67 bits per heavy atom. The Morgan fingerprint density at radius 1 is 1.33 bits per heavy atom. The zero-order chi connectivity index (χ0) is 17.9. The largest absolute Gasteiger partial charge is 0.465 e. The molecule has 126 valence electrons. The highest BCUT2D eigenvalue weighted by atomic mass is 35.5. The molecule has 0 spiro atoms. The molecule has 0 saturated carbocycles. The van der Waals surface area contributed by atoms with E-state index in [-0.39, 0.29) is 10.6 Å². The lowest BCUT2D eigenvalue weighted by molar-refractivity contribution is -0.111. The van der Waals surface area contributed by atoms with Gasteiger partial charge in [-0.1, -0.05) is 17.7 Å². The summed E-state index contributed by atoms with van der Waals surface area (Å²) >= 11 is 7.17. The second-order valence-electron chi connectivity index (χ2n) is 4.94. The van der Waals surface area contributed by atoms with Crippen molar-refractivity contribution >= 4 is 45.9 Å². The van der Waals surface area contributed by atoms with Crippen LogP contribution in [0.2, 0.25) is 5.02 Å². The van der Waals surface area contributed by atoms with Crippen molar-refractivity contribution in [2.75, 3.05) is 12.4 Å². The van der Waals surface area contributed by atoms with Crippen molar-refractivity contribution in [2.45, 2.75) is 13.8 Å². The maximum atomic E-state index is 13.7. The van der Waals surface area contributed by atoms with E-state index in [0.717, 1.165) is 16.5 Å². The van der Waals surface area contributed by atoms with Crippen molar-refractivity contribution in [3.05, 3.63) is 56.7 Å².